The highest BCUT2D eigenvalue weighted by Gasteiger charge is 2.05. The van der Waals surface area contributed by atoms with Crippen LogP contribution in [0.15, 0.2) is 47.1 Å². The van der Waals surface area contributed by atoms with Gasteiger partial charge in [-0.25, -0.2) is 0 Å². The Hall–Kier alpha value is -2.10. The first-order valence-electron chi connectivity index (χ1n) is 7.49. The van der Waals surface area contributed by atoms with E-state index < -0.39 is 0 Å². The maximum absolute atomic E-state index is 11.6. The van der Waals surface area contributed by atoms with Gasteiger partial charge >= 0.3 is 0 Å². The van der Waals surface area contributed by atoms with E-state index in [4.69, 9.17) is 4.84 Å². The first-order valence-corrected chi connectivity index (χ1v) is 7.49. The lowest BCUT2D eigenvalue weighted by atomic mass is 9.97. The number of carbonyl (C=O) groups is 1. The molecule has 112 valence electrons. The smallest absolute Gasteiger partial charge is 0.260 e. The fraction of sp³-hybridized carbons (Fsp3) is 0.412. The maximum Gasteiger partial charge on any atom is 0.260 e. The summed E-state index contributed by atoms with van der Waals surface area (Å²) in [7, 11) is 0. The van der Waals surface area contributed by atoms with Crippen LogP contribution < -0.4 is 5.32 Å². The Morgan fingerprint density at radius 2 is 2.14 bits per heavy atom. The van der Waals surface area contributed by atoms with E-state index in [1.807, 2.05) is 30.3 Å². The van der Waals surface area contributed by atoms with Crippen molar-refractivity contribution < 1.29 is 9.63 Å². The minimum Gasteiger partial charge on any atom is -0.386 e. The van der Waals surface area contributed by atoms with Crippen molar-refractivity contribution in [2.45, 2.75) is 32.1 Å². The lowest BCUT2D eigenvalue weighted by Gasteiger charge is -2.12. The molecule has 0 radical (unpaired) electrons. The molecule has 0 atom stereocenters. The third-order valence-electron chi connectivity index (χ3n) is 3.42. The Bertz CT molecular complexity index is 495. The van der Waals surface area contributed by atoms with Crippen molar-refractivity contribution in [3.05, 3.63) is 47.5 Å². The van der Waals surface area contributed by atoms with Gasteiger partial charge in [0, 0.05) is 6.54 Å². The Morgan fingerprint density at radius 3 is 2.90 bits per heavy atom. The van der Waals surface area contributed by atoms with E-state index in [-0.39, 0.29) is 12.5 Å². The van der Waals surface area contributed by atoms with Crippen molar-refractivity contribution in [1.29, 1.82) is 0 Å². The van der Waals surface area contributed by atoms with Gasteiger partial charge in [-0.05, 0) is 37.7 Å². The number of allylic oxidation sites excluding steroid dienone is 1. The molecule has 1 aromatic carbocycles. The van der Waals surface area contributed by atoms with Gasteiger partial charge in [0.25, 0.3) is 5.91 Å². The molecule has 0 unspecified atom stereocenters. The van der Waals surface area contributed by atoms with Crippen molar-refractivity contribution in [2.24, 2.45) is 5.16 Å². The molecule has 0 spiro atoms. The van der Waals surface area contributed by atoms with Crippen molar-refractivity contribution in [1.82, 2.24) is 5.32 Å². The van der Waals surface area contributed by atoms with E-state index in [0.29, 0.717) is 6.54 Å². The molecule has 0 aromatic heterocycles. The van der Waals surface area contributed by atoms with Crippen molar-refractivity contribution >= 4 is 12.1 Å². The predicted molar refractivity (Wildman–Crippen MR) is 84.2 cm³/mol. The zero-order chi connectivity index (χ0) is 14.8. The molecule has 4 heteroatoms. The quantitative estimate of drug-likeness (QED) is 0.476. The molecule has 0 saturated carbocycles. The number of benzene rings is 1. The van der Waals surface area contributed by atoms with Crippen LogP contribution in [-0.4, -0.2) is 25.3 Å². The number of nitrogens with one attached hydrogen (secondary N) is 1. The van der Waals surface area contributed by atoms with Gasteiger partial charge < -0.3 is 10.2 Å². The van der Waals surface area contributed by atoms with Crippen molar-refractivity contribution in [2.75, 3.05) is 13.2 Å². The van der Waals surface area contributed by atoms with Gasteiger partial charge in [0.15, 0.2) is 6.61 Å². The minimum atomic E-state index is -0.128. The molecule has 1 aliphatic carbocycles. The Kier molecular flexibility index (Phi) is 6.52. The first-order chi connectivity index (χ1) is 10.3. The summed E-state index contributed by atoms with van der Waals surface area (Å²) in [6, 6.07) is 9.63. The highest BCUT2D eigenvalue weighted by Crippen LogP contribution is 2.19. The third kappa shape index (κ3) is 6.25. The Labute approximate surface area is 125 Å². The Morgan fingerprint density at radius 1 is 1.29 bits per heavy atom. The van der Waals surface area contributed by atoms with Crippen LogP contribution in [-0.2, 0) is 9.63 Å². The molecule has 4 nitrogen and oxygen atoms in total. The summed E-state index contributed by atoms with van der Waals surface area (Å²) < 4.78 is 0. The van der Waals surface area contributed by atoms with Crippen molar-refractivity contribution in [3.63, 3.8) is 0 Å². The molecule has 1 amide bonds. The van der Waals surface area contributed by atoms with E-state index in [2.05, 4.69) is 16.5 Å². The standard InChI is InChI=1S/C17H22N2O2/c20-17(18-12-11-15-7-3-1-4-8-15)14-21-19-13-16-9-5-2-6-10-16/h2,5-7,9-10,13H,1,3-4,8,11-12,14H2,(H,18,20)/b19-13+. The second-order valence-corrected chi connectivity index (χ2v) is 5.13. The molecule has 0 bridgehead atoms. The van der Waals surface area contributed by atoms with Gasteiger partial charge in [0.1, 0.15) is 0 Å². The second kappa shape index (κ2) is 8.95. The SMILES string of the molecule is O=C(CO/N=C/c1ccccc1)NCCC1=CCCCC1. The fourth-order valence-electron chi connectivity index (χ4n) is 2.28. The third-order valence-corrected chi connectivity index (χ3v) is 3.42. The van der Waals surface area contributed by atoms with Crippen LogP contribution in [0.4, 0.5) is 0 Å². The summed E-state index contributed by atoms with van der Waals surface area (Å²) in [4.78, 5) is 16.6. The van der Waals surface area contributed by atoms with Crippen LogP contribution >= 0.6 is 0 Å². The normalized spacial score (nSPS) is 14.8. The van der Waals surface area contributed by atoms with Gasteiger partial charge in [-0.15, -0.1) is 0 Å². The van der Waals surface area contributed by atoms with Gasteiger partial charge in [0.05, 0.1) is 6.21 Å². The summed E-state index contributed by atoms with van der Waals surface area (Å²) >= 11 is 0. The van der Waals surface area contributed by atoms with E-state index >= 15 is 0 Å². The molecule has 0 aliphatic heterocycles. The number of hydrogen-bond acceptors (Lipinski definition) is 3. The predicted octanol–water partition coefficient (Wildman–Crippen LogP) is 3.04. The summed E-state index contributed by atoms with van der Waals surface area (Å²) in [5, 5.41) is 6.63. The molecule has 1 aliphatic rings. The number of amides is 1. The molecule has 0 heterocycles. The van der Waals surface area contributed by atoms with E-state index in [0.717, 1.165) is 12.0 Å². The van der Waals surface area contributed by atoms with Gasteiger partial charge in [-0.1, -0.05) is 47.1 Å². The first kappa shape index (κ1) is 15.3. The fourth-order valence-corrected chi connectivity index (χ4v) is 2.28. The van der Waals surface area contributed by atoms with Crippen LogP contribution in [0.25, 0.3) is 0 Å². The van der Waals surface area contributed by atoms with E-state index in [1.54, 1.807) is 6.21 Å². The largest absolute Gasteiger partial charge is 0.386 e. The number of nitrogens with zero attached hydrogens (tertiary/aromatic N) is 1. The van der Waals surface area contributed by atoms with Gasteiger partial charge in [-0.2, -0.15) is 0 Å². The number of rotatable bonds is 7. The van der Waals surface area contributed by atoms with Crippen LogP contribution in [0.5, 0.6) is 0 Å². The average Bonchev–Trinajstić information content (AvgIpc) is 2.54. The number of oxime groups is 1. The summed E-state index contributed by atoms with van der Waals surface area (Å²) in [5.41, 5.74) is 2.41. The van der Waals surface area contributed by atoms with Crippen LogP contribution in [0.2, 0.25) is 0 Å². The van der Waals surface area contributed by atoms with Crippen LogP contribution in [0, 0.1) is 0 Å². The van der Waals surface area contributed by atoms with Gasteiger partial charge in [-0.3, -0.25) is 4.79 Å². The van der Waals surface area contributed by atoms with E-state index in [9.17, 15) is 4.79 Å². The number of carbonyl (C=O) groups excluding carboxylic acids is 1. The second-order valence-electron chi connectivity index (χ2n) is 5.13. The minimum absolute atomic E-state index is 0.0393. The van der Waals surface area contributed by atoms with Crippen LogP contribution in [0.1, 0.15) is 37.7 Å². The molecule has 0 saturated heterocycles. The monoisotopic (exact) mass is 286 g/mol. The summed E-state index contributed by atoms with van der Waals surface area (Å²) in [6.07, 6.45) is 9.77. The lowest BCUT2D eigenvalue weighted by molar-refractivity contribution is -0.125. The van der Waals surface area contributed by atoms with E-state index in [1.165, 1.54) is 31.3 Å². The highest BCUT2D eigenvalue weighted by molar-refractivity contribution is 5.79. The molecule has 0 fully saturated rings. The summed E-state index contributed by atoms with van der Waals surface area (Å²) in [6.45, 7) is 0.638. The number of hydrogen-bond donors (Lipinski definition) is 1. The van der Waals surface area contributed by atoms with Gasteiger partial charge in [0.2, 0.25) is 0 Å². The molecule has 21 heavy (non-hydrogen) atoms. The van der Waals surface area contributed by atoms with Crippen LogP contribution in [0.3, 0.4) is 0 Å². The highest BCUT2D eigenvalue weighted by atomic mass is 16.6. The molecule has 2 rings (SSSR count). The maximum atomic E-state index is 11.6. The molecular formula is C17H22N2O2. The molecule has 1 N–H and O–H groups in total. The molecular weight excluding hydrogens is 264 g/mol. The topological polar surface area (TPSA) is 50.7 Å². The molecule has 1 aromatic rings. The van der Waals surface area contributed by atoms with Crippen molar-refractivity contribution in [3.8, 4) is 0 Å². The summed E-state index contributed by atoms with van der Waals surface area (Å²) in [5.74, 6) is -0.128. The zero-order valence-corrected chi connectivity index (χ0v) is 12.3. The lowest BCUT2D eigenvalue weighted by Crippen LogP contribution is -2.28. The average molecular weight is 286 g/mol. The Balaban J connectivity index is 1.57. The zero-order valence-electron chi connectivity index (χ0n) is 12.3.